The zero-order valence-electron chi connectivity index (χ0n) is 13.4. The number of halogens is 1. The maximum atomic E-state index is 12.4. The lowest BCUT2D eigenvalue weighted by molar-refractivity contribution is -0.121. The van der Waals surface area contributed by atoms with E-state index in [-0.39, 0.29) is 18.4 Å². The minimum absolute atomic E-state index is 0.0467. The number of carbonyl (C=O) groups excluding carboxylic acids is 2. The van der Waals surface area contributed by atoms with Crippen LogP contribution in [-0.2, 0) is 11.3 Å². The van der Waals surface area contributed by atoms with Crippen LogP contribution >= 0.6 is 11.6 Å². The number of aromatic nitrogens is 2. The summed E-state index contributed by atoms with van der Waals surface area (Å²) in [4.78, 5) is 25.6. The van der Waals surface area contributed by atoms with E-state index < -0.39 is 0 Å². The monoisotopic (exact) mass is 346 g/mol. The molecule has 1 N–H and O–H groups in total. The van der Waals surface area contributed by atoms with Crippen LogP contribution in [0.15, 0.2) is 36.7 Å². The van der Waals surface area contributed by atoms with Crippen molar-refractivity contribution in [3.05, 3.63) is 52.8 Å². The molecule has 1 aliphatic carbocycles. The standard InChI is InChI=1S/C17H19ClN4O2/c1-21(11-16(23)20-14-6-7-14)17(24)13-8-19-22(10-13)9-12-4-2-3-5-15(12)18/h2-5,8,10,14H,6-7,9,11H2,1H3,(H,20,23). The molecule has 0 bridgehead atoms. The third kappa shape index (κ3) is 4.14. The highest BCUT2D eigenvalue weighted by atomic mass is 35.5. The number of amides is 2. The molecule has 0 unspecified atom stereocenters. The molecule has 1 fully saturated rings. The van der Waals surface area contributed by atoms with Gasteiger partial charge in [0.05, 0.1) is 24.8 Å². The molecule has 1 aromatic heterocycles. The van der Waals surface area contributed by atoms with Crippen LogP contribution in [0, 0.1) is 0 Å². The molecule has 1 saturated carbocycles. The molecule has 126 valence electrons. The largest absolute Gasteiger partial charge is 0.352 e. The molecule has 2 amide bonds. The fourth-order valence-electron chi connectivity index (χ4n) is 2.37. The number of nitrogens with zero attached hydrogens (tertiary/aromatic N) is 3. The molecular weight excluding hydrogens is 328 g/mol. The first-order valence-electron chi connectivity index (χ1n) is 7.83. The molecule has 1 aromatic carbocycles. The smallest absolute Gasteiger partial charge is 0.257 e. The molecule has 0 atom stereocenters. The van der Waals surface area contributed by atoms with Gasteiger partial charge in [-0.1, -0.05) is 29.8 Å². The van der Waals surface area contributed by atoms with Crippen molar-refractivity contribution < 1.29 is 9.59 Å². The Bertz CT molecular complexity index is 755. The number of hydrogen-bond acceptors (Lipinski definition) is 3. The Morgan fingerprint density at radius 3 is 2.83 bits per heavy atom. The molecule has 0 spiro atoms. The first kappa shape index (κ1) is 16.5. The SMILES string of the molecule is CN(CC(=O)NC1CC1)C(=O)c1cnn(Cc2ccccc2Cl)c1. The highest BCUT2D eigenvalue weighted by Crippen LogP contribution is 2.18. The van der Waals surface area contributed by atoms with Gasteiger partial charge in [0.1, 0.15) is 0 Å². The van der Waals surface area contributed by atoms with E-state index in [4.69, 9.17) is 11.6 Å². The van der Waals surface area contributed by atoms with Crippen LogP contribution < -0.4 is 5.32 Å². The third-order valence-electron chi connectivity index (χ3n) is 3.84. The van der Waals surface area contributed by atoms with E-state index in [1.807, 2.05) is 24.3 Å². The van der Waals surface area contributed by atoms with E-state index in [1.165, 1.54) is 11.1 Å². The Hall–Kier alpha value is -2.34. The molecule has 2 aromatic rings. The lowest BCUT2D eigenvalue weighted by Gasteiger charge is -2.15. The van der Waals surface area contributed by atoms with Gasteiger partial charge in [-0.25, -0.2) is 0 Å². The summed E-state index contributed by atoms with van der Waals surface area (Å²) in [7, 11) is 1.61. The number of nitrogens with one attached hydrogen (secondary N) is 1. The van der Waals surface area contributed by atoms with Crippen molar-refractivity contribution in [3.8, 4) is 0 Å². The van der Waals surface area contributed by atoms with Crippen molar-refractivity contribution in [3.63, 3.8) is 0 Å². The van der Waals surface area contributed by atoms with Crippen molar-refractivity contribution in [1.29, 1.82) is 0 Å². The average molecular weight is 347 g/mol. The van der Waals surface area contributed by atoms with Gasteiger partial charge in [-0.05, 0) is 24.5 Å². The Balaban J connectivity index is 1.60. The van der Waals surface area contributed by atoms with Gasteiger partial charge >= 0.3 is 0 Å². The van der Waals surface area contributed by atoms with Crippen LogP contribution in [0.25, 0.3) is 0 Å². The summed E-state index contributed by atoms with van der Waals surface area (Å²) < 4.78 is 1.66. The lowest BCUT2D eigenvalue weighted by atomic mass is 10.2. The second-order valence-corrected chi connectivity index (χ2v) is 6.43. The number of benzene rings is 1. The molecule has 7 heteroatoms. The summed E-state index contributed by atoms with van der Waals surface area (Å²) in [6.07, 6.45) is 5.23. The summed E-state index contributed by atoms with van der Waals surface area (Å²) in [5.74, 6) is -0.358. The minimum Gasteiger partial charge on any atom is -0.352 e. The topological polar surface area (TPSA) is 67.2 Å². The Labute approximate surface area is 145 Å². The first-order chi connectivity index (χ1) is 11.5. The lowest BCUT2D eigenvalue weighted by Crippen LogP contribution is -2.39. The van der Waals surface area contributed by atoms with Crippen molar-refractivity contribution >= 4 is 23.4 Å². The van der Waals surface area contributed by atoms with Crippen molar-refractivity contribution in [2.75, 3.05) is 13.6 Å². The summed E-state index contributed by atoms with van der Waals surface area (Å²) in [6, 6.07) is 7.80. The van der Waals surface area contributed by atoms with E-state index >= 15 is 0 Å². The number of rotatable bonds is 6. The van der Waals surface area contributed by atoms with E-state index in [2.05, 4.69) is 10.4 Å². The fraction of sp³-hybridized carbons (Fsp3) is 0.353. The molecule has 0 aliphatic heterocycles. The van der Waals surface area contributed by atoms with E-state index in [0.717, 1.165) is 18.4 Å². The Morgan fingerprint density at radius 2 is 2.12 bits per heavy atom. The summed E-state index contributed by atoms with van der Waals surface area (Å²) in [6.45, 7) is 0.532. The Kier molecular flexibility index (Phi) is 4.85. The first-order valence-corrected chi connectivity index (χ1v) is 8.21. The van der Waals surface area contributed by atoms with Gasteiger partial charge in [0.2, 0.25) is 5.91 Å². The number of hydrogen-bond donors (Lipinski definition) is 1. The number of likely N-dealkylation sites (N-methyl/N-ethyl adjacent to an activating group) is 1. The predicted octanol–water partition coefficient (Wildman–Crippen LogP) is 1.94. The molecule has 1 heterocycles. The predicted molar refractivity (Wildman–Crippen MR) is 90.9 cm³/mol. The normalized spacial score (nSPS) is 13.6. The molecule has 1 aliphatic rings. The highest BCUT2D eigenvalue weighted by Gasteiger charge is 2.24. The van der Waals surface area contributed by atoms with Crippen LogP contribution in [0.3, 0.4) is 0 Å². The second kappa shape index (κ2) is 7.05. The average Bonchev–Trinajstić information content (AvgIpc) is 3.23. The van der Waals surface area contributed by atoms with Gasteiger partial charge < -0.3 is 10.2 Å². The van der Waals surface area contributed by atoms with E-state index in [1.54, 1.807) is 17.9 Å². The third-order valence-corrected chi connectivity index (χ3v) is 4.21. The number of carbonyl (C=O) groups is 2. The maximum absolute atomic E-state index is 12.4. The molecular formula is C17H19ClN4O2. The van der Waals surface area contributed by atoms with Crippen molar-refractivity contribution in [2.45, 2.75) is 25.4 Å². The van der Waals surface area contributed by atoms with Crippen LogP contribution in [0.5, 0.6) is 0 Å². The van der Waals surface area contributed by atoms with Crippen LogP contribution in [0.2, 0.25) is 5.02 Å². The van der Waals surface area contributed by atoms with Crippen molar-refractivity contribution in [2.24, 2.45) is 0 Å². The van der Waals surface area contributed by atoms with Gasteiger partial charge in [0.25, 0.3) is 5.91 Å². The fourth-order valence-corrected chi connectivity index (χ4v) is 2.57. The van der Waals surface area contributed by atoms with Gasteiger partial charge in [0, 0.05) is 24.3 Å². The van der Waals surface area contributed by atoms with Gasteiger partial charge in [-0.3, -0.25) is 14.3 Å². The van der Waals surface area contributed by atoms with Gasteiger partial charge in [-0.15, -0.1) is 0 Å². The molecule has 24 heavy (non-hydrogen) atoms. The summed E-state index contributed by atoms with van der Waals surface area (Å²) in [5, 5.41) is 7.73. The quantitative estimate of drug-likeness (QED) is 0.869. The molecule has 0 radical (unpaired) electrons. The molecule has 0 saturated heterocycles. The van der Waals surface area contributed by atoms with Gasteiger partial charge in [-0.2, -0.15) is 5.10 Å². The second-order valence-electron chi connectivity index (χ2n) is 6.02. The zero-order valence-corrected chi connectivity index (χ0v) is 14.2. The van der Waals surface area contributed by atoms with Crippen molar-refractivity contribution in [1.82, 2.24) is 20.0 Å². The van der Waals surface area contributed by atoms with Crippen LogP contribution in [0.1, 0.15) is 28.8 Å². The minimum atomic E-state index is -0.230. The molecule has 3 rings (SSSR count). The maximum Gasteiger partial charge on any atom is 0.257 e. The molecule has 6 nitrogen and oxygen atoms in total. The Morgan fingerprint density at radius 1 is 1.38 bits per heavy atom. The van der Waals surface area contributed by atoms with Gasteiger partial charge in [0.15, 0.2) is 0 Å². The highest BCUT2D eigenvalue weighted by molar-refractivity contribution is 6.31. The zero-order chi connectivity index (χ0) is 17.1. The summed E-state index contributed by atoms with van der Waals surface area (Å²) >= 11 is 6.14. The van der Waals surface area contributed by atoms with E-state index in [9.17, 15) is 9.59 Å². The summed E-state index contributed by atoms with van der Waals surface area (Å²) in [5.41, 5.74) is 1.38. The van der Waals surface area contributed by atoms with Crippen LogP contribution in [-0.4, -0.2) is 46.1 Å². The van der Waals surface area contributed by atoms with E-state index in [0.29, 0.717) is 23.2 Å². The van der Waals surface area contributed by atoms with Crippen LogP contribution in [0.4, 0.5) is 0 Å².